The predicted molar refractivity (Wildman–Crippen MR) is 79.0 cm³/mol. The van der Waals surface area contributed by atoms with Gasteiger partial charge in [0.1, 0.15) is 0 Å². The van der Waals surface area contributed by atoms with Crippen LogP contribution in [0.1, 0.15) is 6.92 Å². The minimum Gasteiger partial charge on any atom is -0.465 e. The van der Waals surface area contributed by atoms with Crippen LogP contribution >= 0.6 is 35.0 Å². The van der Waals surface area contributed by atoms with Gasteiger partial charge < -0.3 is 10.1 Å². The maximum Gasteiger partial charge on any atom is 0.315 e. The van der Waals surface area contributed by atoms with Crippen LogP contribution in [0.5, 0.6) is 0 Å². The largest absolute Gasteiger partial charge is 0.465 e. The van der Waals surface area contributed by atoms with Crippen molar-refractivity contribution in [1.29, 1.82) is 0 Å². The molecule has 0 saturated carbocycles. The molecule has 1 N–H and O–H groups in total. The van der Waals surface area contributed by atoms with E-state index in [1.54, 1.807) is 25.1 Å². The van der Waals surface area contributed by atoms with E-state index in [1.165, 1.54) is 11.8 Å². The van der Waals surface area contributed by atoms with Gasteiger partial charge in [-0.1, -0.05) is 23.2 Å². The highest BCUT2D eigenvalue weighted by Gasteiger charge is 2.08. The first-order valence-corrected chi connectivity index (χ1v) is 7.42. The molecule has 7 heteroatoms. The number of nitrogens with one attached hydrogen (secondary N) is 1. The van der Waals surface area contributed by atoms with Crippen molar-refractivity contribution in [3.8, 4) is 0 Å². The molecule has 0 unspecified atom stereocenters. The third-order valence-corrected chi connectivity index (χ3v) is 3.42. The third kappa shape index (κ3) is 6.18. The van der Waals surface area contributed by atoms with Crippen LogP contribution in [0.2, 0.25) is 10.0 Å². The Kier molecular flexibility index (Phi) is 7.05. The van der Waals surface area contributed by atoms with Gasteiger partial charge in [-0.2, -0.15) is 0 Å². The van der Waals surface area contributed by atoms with Gasteiger partial charge in [0.25, 0.3) is 0 Å². The Morgan fingerprint density at radius 2 is 2.05 bits per heavy atom. The summed E-state index contributed by atoms with van der Waals surface area (Å²) < 4.78 is 4.75. The zero-order chi connectivity index (χ0) is 14.3. The van der Waals surface area contributed by atoms with E-state index in [1.807, 2.05) is 0 Å². The van der Waals surface area contributed by atoms with Gasteiger partial charge in [0.2, 0.25) is 5.91 Å². The van der Waals surface area contributed by atoms with E-state index < -0.39 is 0 Å². The van der Waals surface area contributed by atoms with Crippen molar-refractivity contribution in [2.24, 2.45) is 0 Å². The standard InChI is InChI=1S/C12H13Cl2NO3S/c1-2-18-12(17)7-19-6-11(16)15-10-4-3-8(13)5-9(10)14/h3-5H,2,6-7H2,1H3,(H,15,16). The van der Waals surface area contributed by atoms with E-state index in [2.05, 4.69) is 5.32 Å². The number of rotatable bonds is 6. The van der Waals surface area contributed by atoms with E-state index >= 15 is 0 Å². The average Bonchev–Trinajstić information content (AvgIpc) is 2.33. The second-order valence-corrected chi connectivity index (χ2v) is 5.30. The summed E-state index contributed by atoms with van der Waals surface area (Å²) in [5, 5.41) is 3.51. The summed E-state index contributed by atoms with van der Waals surface area (Å²) in [5.74, 6) is -0.267. The normalized spacial score (nSPS) is 10.1. The molecule has 0 spiro atoms. The molecule has 0 atom stereocenters. The summed E-state index contributed by atoms with van der Waals surface area (Å²) >= 11 is 12.9. The van der Waals surface area contributed by atoms with Crippen LogP contribution in [0, 0.1) is 0 Å². The van der Waals surface area contributed by atoms with E-state index in [0.29, 0.717) is 22.3 Å². The number of hydrogen-bond donors (Lipinski definition) is 1. The molecule has 0 saturated heterocycles. The molecule has 19 heavy (non-hydrogen) atoms. The molecule has 0 heterocycles. The number of carbonyl (C=O) groups excluding carboxylic acids is 2. The second kappa shape index (κ2) is 8.30. The number of hydrogen-bond acceptors (Lipinski definition) is 4. The highest BCUT2D eigenvalue weighted by molar-refractivity contribution is 8.00. The fraction of sp³-hybridized carbons (Fsp3) is 0.333. The average molecular weight is 322 g/mol. The number of ether oxygens (including phenoxy) is 1. The van der Waals surface area contributed by atoms with Crippen molar-refractivity contribution in [2.45, 2.75) is 6.92 Å². The van der Waals surface area contributed by atoms with E-state index in [9.17, 15) is 9.59 Å². The molecule has 1 rings (SSSR count). The monoisotopic (exact) mass is 321 g/mol. The maximum atomic E-state index is 11.6. The van der Waals surface area contributed by atoms with Gasteiger partial charge >= 0.3 is 5.97 Å². The van der Waals surface area contributed by atoms with E-state index in [0.717, 1.165) is 0 Å². The molecule has 0 aromatic heterocycles. The first-order chi connectivity index (χ1) is 9.02. The summed E-state index contributed by atoms with van der Waals surface area (Å²) in [6.45, 7) is 2.07. The number of thioether (sulfide) groups is 1. The fourth-order valence-electron chi connectivity index (χ4n) is 1.21. The molecule has 0 aliphatic heterocycles. The highest BCUT2D eigenvalue weighted by Crippen LogP contribution is 2.25. The molecule has 104 valence electrons. The quantitative estimate of drug-likeness (QED) is 0.817. The zero-order valence-electron chi connectivity index (χ0n) is 10.2. The van der Waals surface area contributed by atoms with Gasteiger partial charge in [-0.3, -0.25) is 9.59 Å². The summed E-state index contributed by atoms with van der Waals surface area (Å²) in [6.07, 6.45) is 0. The Labute approximate surface area is 125 Å². The number of carbonyl (C=O) groups is 2. The van der Waals surface area contributed by atoms with Crippen LogP contribution in [0.3, 0.4) is 0 Å². The molecule has 0 fully saturated rings. The van der Waals surface area contributed by atoms with Gasteiger partial charge in [0, 0.05) is 5.02 Å². The zero-order valence-corrected chi connectivity index (χ0v) is 12.6. The first-order valence-electron chi connectivity index (χ1n) is 5.51. The Morgan fingerprint density at radius 3 is 2.68 bits per heavy atom. The number of halogens is 2. The van der Waals surface area contributed by atoms with Gasteiger partial charge in [-0.15, -0.1) is 11.8 Å². The Hall–Kier alpha value is -0.910. The predicted octanol–water partition coefficient (Wildman–Crippen LogP) is 3.23. The van der Waals surface area contributed by atoms with Crippen LogP contribution in [0.15, 0.2) is 18.2 Å². The van der Waals surface area contributed by atoms with Crippen molar-refractivity contribution in [2.75, 3.05) is 23.4 Å². The van der Waals surface area contributed by atoms with Crippen LogP contribution < -0.4 is 5.32 Å². The van der Waals surface area contributed by atoms with Crippen molar-refractivity contribution >= 4 is 52.5 Å². The minimum atomic E-state index is -0.329. The van der Waals surface area contributed by atoms with Crippen LogP contribution in [-0.2, 0) is 14.3 Å². The molecular weight excluding hydrogens is 309 g/mol. The lowest BCUT2D eigenvalue weighted by molar-refractivity contribution is -0.139. The van der Waals surface area contributed by atoms with Crippen molar-refractivity contribution in [3.05, 3.63) is 28.2 Å². The SMILES string of the molecule is CCOC(=O)CSCC(=O)Nc1ccc(Cl)cc1Cl. The summed E-state index contributed by atoms with van der Waals surface area (Å²) in [7, 11) is 0. The molecule has 0 aliphatic rings. The van der Waals surface area contributed by atoms with Crippen molar-refractivity contribution in [1.82, 2.24) is 0 Å². The lowest BCUT2D eigenvalue weighted by Gasteiger charge is -2.07. The molecular formula is C12H13Cl2NO3S. The van der Waals surface area contributed by atoms with E-state index in [4.69, 9.17) is 27.9 Å². The van der Waals surface area contributed by atoms with Crippen molar-refractivity contribution < 1.29 is 14.3 Å². The molecule has 1 aromatic rings. The Morgan fingerprint density at radius 1 is 1.32 bits per heavy atom. The van der Waals surface area contributed by atoms with Gasteiger partial charge in [-0.25, -0.2) is 0 Å². The molecule has 0 aliphatic carbocycles. The van der Waals surface area contributed by atoms with E-state index in [-0.39, 0.29) is 23.4 Å². The lowest BCUT2D eigenvalue weighted by Crippen LogP contribution is -2.16. The van der Waals surface area contributed by atoms with Gasteiger partial charge in [0.05, 0.1) is 28.8 Å². The highest BCUT2D eigenvalue weighted by atomic mass is 35.5. The molecule has 0 radical (unpaired) electrons. The first kappa shape index (κ1) is 16.1. The van der Waals surface area contributed by atoms with Crippen LogP contribution in [-0.4, -0.2) is 30.0 Å². The van der Waals surface area contributed by atoms with Crippen LogP contribution in [0.4, 0.5) is 5.69 Å². The molecule has 0 bridgehead atoms. The topological polar surface area (TPSA) is 55.4 Å². The maximum absolute atomic E-state index is 11.6. The Balaban J connectivity index is 2.37. The smallest absolute Gasteiger partial charge is 0.315 e. The number of esters is 1. The summed E-state index contributed by atoms with van der Waals surface area (Å²) in [6, 6.07) is 4.80. The Bertz CT molecular complexity index is 468. The molecule has 1 amide bonds. The minimum absolute atomic E-state index is 0.148. The summed E-state index contributed by atoms with van der Waals surface area (Å²) in [5.41, 5.74) is 0.493. The third-order valence-electron chi connectivity index (χ3n) is 1.96. The van der Waals surface area contributed by atoms with Crippen LogP contribution in [0.25, 0.3) is 0 Å². The lowest BCUT2D eigenvalue weighted by atomic mass is 10.3. The number of anilines is 1. The molecule has 4 nitrogen and oxygen atoms in total. The second-order valence-electron chi connectivity index (χ2n) is 3.47. The summed E-state index contributed by atoms with van der Waals surface area (Å²) in [4.78, 5) is 22.7. The molecule has 1 aromatic carbocycles. The number of amides is 1. The number of benzene rings is 1. The van der Waals surface area contributed by atoms with Gasteiger partial charge in [-0.05, 0) is 25.1 Å². The van der Waals surface area contributed by atoms with Crippen molar-refractivity contribution in [3.63, 3.8) is 0 Å². The fourth-order valence-corrected chi connectivity index (χ4v) is 2.27. The van der Waals surface area contributed by atoms with Gasteiger partial charge in [0.15, 0.2) is 0 Å².